The quantitative estimate of drug-likeness (QED) is 0.548. The van der Waals surface area contributed by atoms with Crippen LogP contribution in [-0.4, -0.2) is 35.2 Å². The summed E-state index contributed by atoms with van der Waals surface area (Å²) in [5.41, 5.74) is 1.58. The number of fused-ring (bicyclic) bond motifs is 1. The molecule has 1 saturated heterocycles. The number of thiazole rings is 1. The number of hydrogen-bond donors (Lipinski definition) is 1. The smallest absolute Gasteiger partial charge is 0.321 e. The Morgan fingerprint density at radius 2 is 2.07 bits per heavy atom. The lowest BCUT2D eigenvalue weighted by Crippen LogP contribution is -2.33. The van der Waals surface area contributed by atoms with E-state index in [4.69, 9.17) is 0 Å². The Bertz CT molecular complexity index is 1040. The Kier molecular flexibility index (Phi) is 4.81. The van der Waals surface area contributed by atoms with Gasteiger partial charge in [0, 0.05) is 12.1 Å². The van der Waals surface area contributed by atoms with Crippen molar-refractivity contribution < 1.29 is 18.0 Å². The molecule has 2 aromatic carbocycles. The third kappa shape index (κ3) is 3.53. The van der Waals surface area contributed by atoms with Crippen LogP contribution in [0.15, 0.2) is 34.8 Å². The number of urea groups is 1. The number of carbonyl (C=O) groups excluding carboxylic acids is 1. The molecule has 0 bridgehead atoms. The highest BCUT2D eigenvalue weighted by Crippen LogP contribution is 2.38. The molecular formula is C18H13BrF3N3OS. The van der Waals surface area contributed by atoms with Crippen LogP contribution in [0.2, 0.25) is 0 Å². The van der Waals surface area contributed by atoms with Crippen molar-refractivity contribution >= 4 is 49.2 Å². The number of carbonyl (C=O) groups is 1. The second kappa shape index (κ2) is 7.12. The first kappa shape index (κ1) is 18.2. The third-order valence-electron chi connectivity index (χ3n) is 4.33. The predicted molar refractivity (Wildman–Crippen MR) is 103 cm³/mol. The number of likely N-dealkylation sites (tertiary alicyclic amines) is 1. The molecule has 27 heavy (non-hydrogen) atoms. The Balaban J connectivity index is 1.64. The van der Waals surface area contributed by atoms with Crippen LogP contribution in [0.5, 0.6) is 0 Å². The summed E-state index contributed by atoms with van der Waals surface area (Å²) in [6.07, 6.45) is -0.643. The fourth-order valence-corrected chi connectivity index (χ4v) is 4.54. The van der Waals surface area contributed by atoms with E-state index >= 15 is 0 Å². The normalized spacial score (nSPS) is 16.9. The Labute approximate surface area is 165 Å². The van der Waals surface area contributed by atoms with Gasteiger partial charge in [-0.15, -0.1) is 11.3 Å². The van der Waals surface area contributed by atoms with Gasteiger partial charge >= 0.3 is 6.03 Å². The number of halogens is 4. The van der Waals surface area contributed by atoms with Crippen molar-refractivity contribution in [2.75, 3.05) is 18.4 Å². The largest absolute Gasteiger partial charge is 0.322 e. The topological polar surface area (TPSA) is 45.2 Å². The summed E-state index contributed by atoms with van der Waals surface area (Å²) in [7, 11) is 0. The third-order valence-corrected chi connectivity index (χ3v) is 6.20. The maximum Gasteiger partial charge on any atom is 0.321 e. The molecule has 140 valence electrons. The lowest BCUT2D eigenvalue weighted by molar-refractivity contribution is 0.218. The van der Waals surface area contributed by atoms with Crippen molar-refractivity contribution in [3.8, 4) is 10.6 Å². The van der Waals surface area contributed by atoms with Crippen LogP contribution in [0.25, 0.3) is 20.8 Å². The molecule has 9 heteroatoms. The van der Waals surface area contributed by atoms with Crippen LogP contribution in [0.1, 0.15) is 6.42 Å². The molecule has 0 spiro atoms. The van der Waals surface area contributed by atoms with Crippen molar-refractivity contribution in [2.45, 2.75) is 12.6 Å². The molecule has 0 radical (unpaired) electrons. The number of aromatic nitrogens is 1. The molecule has 4 nitrogen and oxygen atoms in total. The average molecular weight is 456 g/mol. The minimum atomic E-state index is -0.987. The molecule has 2 heterocycles. The highest BCUT2D eigenvalue weighted by Gasteiger charge is 2.26. The number of benzene rings is 2. The van der Waals surface area contributed by atoms with Gasteiger partial charge in [0.05, 0.1) is 26.9 Å². The summed E-state index contributed by atoms with van der Waals surface area (Å²) >= 11 is 4.77. The van der Waals surface area contributed by atoms with Crippen molar-refractivity contribution in [1.82, 2.24) is 9.88 Å². The molecule has 1 aliphatic rings. The summed E-state index contributed by atoms with van der Waals surface area (Å²) in [6, 6.07) is 6.77. The van der Waals surface area contributed by atoms with Crippen molar-refractivity contribution in [3.63, 3.8) is 0 Å². The van der Waals surface area contributed by atoms with Crippen LogP contribution in [0.4, 0.5) is 23.7 Å². The average Bonchev–Trinajstić information content (AvgIpc) is 3.26. The van der Waals surface area contributed by atoms with Crippen LogP contribution in [0, 0.1) is 11.6 Å². The first-order valence-electron chi connectivity index (χ1n) is 8.17. The molecule has 1 N–H and O–H groups in total. The van der Waals surface area contributed by atoms with E-state index in [2.05, 4.69) is 26.2 Å². The molecule has 0 saturated carbocycles. The molecule has 3 aromatic rings. The van der Waals surface area contributed by atoms with Gasteiger partial charge in [-0.25, -0.2) is 22.9 Å². The van der Waals surface area contributed by atoms with Gasteiger partial charge in [-0.2, -0.15) is 0 Å². The minimum Gasteiger partial charge on any atom is -0.322 e. The monoisotopic (exact) mass is 455 g/mol. The number of nitrogens with one attached hydrogen (secondary N) is 1. The van der Waals surface area contributed by atoms with E-state index in [0.29, 0.717) is 39.2 Å². The summed E-state index contributed by atoms with van der Waals surface area (Å²) in [4.78, 5) is 18.2. The van der Waals surface area contributed by atoms with E-state index in [9.17, 15) is 18.0 Å². The van der Waals surface area contributed by atoms with E-state index in [-0.39, 0.29) is 12.6 Å². The van der Waals surface area contributed by atoms with E-state index in [1.165, 1.54) is 22.3 Å². The zero-order chi connectivity index (χ0) is 19.1. The predicted octanol–water partition coefficient (Wildman–Crippen LogP) is 5.58. The molecule has 1 fully saturated rings. The standard InChI is InChI=1S/C18H13BrF3N3OS/c19-15-13(23-18(26)25-6-5-10(20)8-25)3-4-14-16(15)24-17(27-14)9-1-2-11(21)12(22)7-9/h1-4,7,10H,5-6,8H2,(H,23,26)/t10-/m0/s1. The van der Waals surface area contributed by atoms with Gasteiger partial charge in [-0.3, -0.25) is 0 Å². The number of anilines is 1. The van der Waals surface area contributed by atoms with Crippen molar-refractivity contribution in [3.05, 3.63) is 46.4 Å². The van der Waals surface area contributed by atoms with Gasteiger partial charge in [-0.05, 0) is 52.7 Å². The zero-order valence-electron chi connectivity index (χ0n) is 13.8. The Morgan fingerprint density at radius 3 is 2.78 bits per heavy atom. The summed E-state index contributed by atoms with van der Waals surface area (Å²) in [5, 5.41) is 3.29. The first-order valence-corrected chi connectivity index (χ1v) is 9.78. The fraction of sp³-hybridized carbons (Fsp3) is 0.222. The maximum atomic E-state index is 13.5. The molecule has 1 atom stereocenters. The number of hydrogen-bond acceptors (Lipinski definition) is 3. The van der Waals surface area contributed by atoms with Gasteiger partial charge in [-0.1, -0.05) is 0 Å². The summed E-state index contributed by atoms with van der Waals surface area (Å²) in [5.74, 6) is -1.85. The SMILES string of the molecule is O=C(Nc1ccc2sc(-c3ccc(F)c(F)c3)nc2c1Br)N1CC[C@H](F)C1. The molecule has 1 aromatic heterocycles. The zero-order valence-corrected chi connectivity index (χ0v) is 16.2. The highest BCUT2D eigenvalue weighted by molar-refractivity contribution is 9.10. The first-order chi connectivity index (χ1) is 12.9. The van der Waals surface area contributed by atoms with Crippen LogP contribution < -0.4 is 5.32 Å². The van der Waals surface area contributed by atoms with Crippen LogP contribution in [0.3, 0.4) is 0 Å². The van der Waals surface area contributed by atoms with E-state index in [1.807, 2.05) is 0 Å². The lowest BCUT2D eigenvalue weighted by atomic mass is 10.2. The molecule has 1 aliphatic heterocycles. The fourth-order valence-electron chi connectivity index (χ4n) is 2.91. The van der Waals surface area contributed by atoms with Crippen molar-refractivity contribution in [1.29, 1.82) is 0 Å². The summed E-state index contributed by atoms with van der Waals surface area (Å²) in [6.45, 7) is 0.465. The molecular weight excluding hydrogens is 443 g/mol. The molecule has 4 rings (SSSR count). The van der Waals surface area contributed by atoms with Gasteiger partial charge < -0.3 is 10.2 Å². The minimum absolute atomic E-state index is 0.0860. The van der Waals surface area contributed by atoms with Gasteiger partial charge in [0.25, 0.3) is 0 Å². The van der Waals surface area contributed by atoms with Gasteiger partial charge in [0.2, 0.25) is 0 Å². The number of nitrogens with zero attached hydrogens (tertiary/aromatic N) is 2. The molecule has 2 amide bonds. The lowest BCUT2D eigenvalue weighted by Gasteiger charge is -2.16. The van der Waals surface area contributed by atoms with Crippen LogP contribution >= 0.6 is 27.3 Å². The van der Waals surface area contributed by atoms with E-state index < -0.39 is 17.8 Å². The Morgan fingerprint density at radius 1 is 1.26 bits per heavy atom. The number of rotatable bonds is 2. The Hall–Kier alpha value is -2.13. The second-order valence-corrected chi connectivity index (χ2v) is 8.01. The van der Waals surface area contributed by atoms with Crippen molar-refractivity contribution in [2.24, 2.45) is 0 Å². The number of amides is 2. The van der Waals surface area contributed by atoms with E-state index in [1.54, 1.807) is 12.1 Å². The van der Waals surface area contributed by atoms with Gasteiger partial charge in [0.1, 0.15) is 11.2 Å². The second-order valence-electron chi connectivity index (χ2n) is 6.18. The number of alkyl halides is 1. The van der Waals surface area contributed by atoms with Gasteiger partial charge in [0.15, 0.2) is 11.6 Å². The molecule has 0 aliphatic carbocycles. The van der Waals surface area contributed by atoms with Crippen LogP contribution in [-0.2, 0) is 0 Å². The highest BCUT2D eigenvalue weighted by atomic mass is 79.9. The maximum absolute atomic E-state index is 13.5. The van der Waals surface area contributed by atoms with E-state index in [0.717, 1.165) is 16.8 Å². The summed E-state index contributed by atoms with van der Waals surface area (Å²) < 4.78 is 41.3. The molecule has 0 unspecified atom stereocenters.